The van der Waals surface area contributed by atoms with E-state index in [0.717, 1.165) is 25.1 Å². The molecule has 0 spiro atoms. The van der Waals surface area contributed by atoms with E-state index < -0.39 is 0 Å². The lowest BCUT2D eigenvalue weighted by Gasteiger charge is -2.18. The van der Waals surface area contributed by atoms with E-state index in [-0.39, 0.29) is 0 Å². The van der Waals surface area contributed by atoms with E-state index in [0.29, 0.717) is 10.6 Å². The van der Waals surface area contributed by atoms with Gasteiger partial charge < -0.3 is 4.90 Å². The highest BCUT2D eigenvalue weighted by atomic mass is 35.5. The molecule has 1 aromatic carbocycles. The molecular weight excluding hydrogens is 198 g/mol. The Bertz CT molecular complexity index is 345. The van der Waals surface area contributed by atoms with Crippen LogP contribution in [0.15, 0.2) is 18.2 Å². The second-order valence-corrected chi connectivity index (χ2v) is 3.99. The maximum absolute atomic E-state index is 10.6. The van der Waals surface area contributed by atoms with Crippen LogP contribution in [-0.4, -0.2) is 19.4 Å². The van der Waals surface area contributed by atoms with Gasteiger partial charge in [0.05, 0.1) is 0 Å². The van der Waals surface area contributed by atoms with E-state index in [1.807, 2.05) is 12.1 Å². The molecule has 0 N–H and O–H groups in total. The van der Waals surface area contributed by atoms with Crippen LogP contribution < -0.4 is 4.90 Å². The molecule has 74 valence electrons. The second kappa shape index (κ2) is 4.01. The second-order valence-electron chi connectivity index (χ2n) is 3.55. The molecule has 1 aliphatic rings. The van der Waals surface area contributed by atoms with Crippen LogP contribution in [-0.2, 0) is 0 Å². The van der Waals surface area contributed by atoms with Crippen LogP contribution in [0.3, 0.4) is 0 Å². The van der Waals surface area contributed by atoms with Crippen LogP contribution in [0.25, 0.3) is 0 Å². The summed E-state index contributed by atoms with van der Waals surface area (Å²) >= 11 is 5.92. The van der Waals surface area contributed by atoms with E-state index in [1.54, 1.807) is 6.07 Å². The number of anilines is 1. The van der Waals surface area contributed by atoms with Gasteiger partial charge in [-0.3, -0.25) is 4.79 Å². The molecule has 0 amide bonds. The first kappa shape index (κ1) is 9.53. The number of hydrogen-bond acceptors (Lipinski definition) is 2. The summed E-state index contributed by atoms with van der Waals surface area (Å²) in [6.07, 6.45) is 3.29. The molecule has 1 aliphatic heterocycles. The van der Waals surface area contributed by atoms with E-state index in [9.17, 15) is 4.79 Å². The molecule has 1 saturated heterocycles. The smallest absolute Gasteiger partial charge is 0.150 e. The molecule has 0 aliphatic carbocycles. The first-order valence-electron chi connectivity index (χ1n) is 4.80. The third-order valence-electron chi connectivity index (χ3n) is 2.51. The number of hydrogen-bond donors (Lipinski definition) is 0. The number of carbonyl (C=O) groups excluding carboxylic acids is 1. The number of aldehydes is 1. The maximum atomic E-state index is 10.6. The van der Waals surface area contributed by atoms with Crippen molar-refractivity contribution in [2.24, 2.45) is 0 Å². The maximum Gasteiger partial charge on any atom is 0.150 e. The Morgan fingerprint density at radius 1 is 1.21 bits per heavy atom. The summed E-state index contributed by atoms with van der Waals surface area (Å²) < 4.78 is 0. The van der Waals surface area contributed by atoms with Crippen LogP contribution >= 0.6 is 11.6 Å². The lowest BCUT2D eigenvalue weighted by atomic mass is 10.2. The first-order chi connectivity index (χ1) is 6.79. The Balaban J connectivity index is 2.31. The molecule has 0 aromatic heterocycles. The van der Waals surface area contributed by atoms with Gasteiger partial charge in [-0.15, -0.1) is 0 Å². The monoisotopic (exact) mass is 209 g/mol. The van der Waals surface area contributed by atoms with Gasteiger partial charge in [-0.25, -0.2) is 0 Å². The molecule has 3 heteroatoms. The lowest BCUT2D eigenvalue weighted by molar-refractivity contribution is 0.112. The summed E-state index contributed by atoms with van der Waals surface area (Å²) in [5, 5.41) is 0.636. The van der Waals surface area contributed by atoms with Crippen LogP contribution in [0.2, 0.25) is 5.02 Å². The molecule has 1 fully saturated rings. The number of rotatable bonds is 2. The normalized spacial score (nSPS) is 15.9. The summed E-state index contributed by atoms with van der Waals surface area (Å²) in [4.78, 5) is 12.9. The van der Waals surface area contributed by atoms with Gasteiger partial charge in [0.25, 0.3) is 0 Å². The molecule has 2 rings (SSSR count). The van der Waals surface area contributed by atoms with Gasteiger partial charge in [-0.05, 0) is 31.0 Å². The first-order valence-corrected chi connectivity index (χ1v) is 5.18. The van der Waals surface area contributed by atoms with E-state index in [2.05, 4.69) is 4.90 Å². The van der Waals surface area contributed by atoms with Crippen molar-refractivity contribution in [3.63, 3.8) is 0 Å². The minimum atomic E-state index is 0.636. The highest BCUT2D eigenvalue weighted by molar-refractivity contribution is 6.31. The van der Waals surface area contributed by atoms with Gasteiger partial charge in [0.15, 0.2) is 0 Å². The van der Waals surface area contributed by atoms with Crippen molar-refractivity contribution in [3.05, 3.63) is 28.8 Å². The Hall–Kier alpha value is -1.02. The molecule has 0 bridgehead atoms. The summed E-state index contributed by atoms with van der Waals surface area (Å²) in [7, 11) is 0. The average Bonchev–Trinajstić information content (AvgIpc) is 2.69. The highest BCUT2D eigenvalue weighted by Gasteiger charge is 2.13. The van der Waals surface area contributed by atoms with Gasteiger partial charge in [0, 0.05) is 29.4 Å². The minimum Gasteiger partial charge on any atom is -0.371 e. The van der Waals surface area contributed by atoms with E-state index in [4.69, 9.17) is 11.6 Å². The summed E-state index contributed by atoms with van der Waals surface area (Å²) in [6.45, 7) is 2.14. The highest BCUT2D eigenvalue weighted by Crippen LogP contribution is 2.24. The van der Waals surface area contributed by atoms with Gasteiger partial charge in [-0.2, -0.15) is 0 Å². The predicted octanol–water partition coefficient (Wildman–Crippen LogP) is 2.75. The fourth-order valence-electron chi connectivity index (χ4n) is 1.82. The number of benzene rings is 1. The summed E-state index contributed by atoms with van der Waals surface area (Å²) in [6, 6.07) is 5.50. The molecule has 0 atom stereocenters. The van der Waals surface area contributed by atoms with Crippen LogP contribution in [0.5, 0.6) is 0 Å². The molecule has 0 radical (unpaired) electrons. The molecular formula is C11H12ClNO. The molecule has 14 heavy (non-hydrogen) atoms. The summed E-state index contributed by atoms with van der Waals surface area (Å²) in [5.74, 6) is 0. The molecule has 2 nitrogen and oxygen atoms in total. The molecule has 0 saturated carbocycles. The van der Waals surface area contributed by atoms with Gasteiger partial charge >= 0.3 is 0 Å². The quantitative estimate of drug-likeness (QED) is 0.699. The van der Waals surface area contributed by atoms with Crippen molar-refractivity contribution >= 4 is 23.6 Å². The summed E-state index contributed by atoms with van der Waals surface area (Å²) in [5.41, 5.74) is 1.72. The van der Waals surface area contributed by atoms with Crippen molar-refractivity contribution in [1.29, 1.82) is 0 Å². The average molecular weight is 210 g/mol. The predicted molar refractivity (Wildman–Crippen MR) is 58.3 cm³/mol. The topological polar surface area (TPSA) is 20.3 Å². The van der Waals surface area contributed by atoms with Gasteiger partial charge in [0.2, 0.25) is 0 Å². The van der Waals surface area contributed by atoms with Crippen molar-refractivity contribution < 1.29 is 4.79 Å². The van der Waals surface area contributed by atoms with Crippen molar-refractivity contribution in [2.45, 2.75) is 12.8 Å². The van der Waals surface area contributed by atoms with Gasteiger partial charge in [0.1, 0.15) is 6.29 Å². The SMILES string of the molecule is O=Cc1cc(Cl)cc(N2CCCC2)c1. The number of nitrogens with zero attached hydrogens (tertiary/aromatic N) is 1. The van der Waals surface area contributed by atoms with Crippen LogP contribution in [0, 0.1) is 0 Å². The standard InChI is InChI=1S/C11H12ClNO/c12-10-5-9(8-14)6-11(7-10)13-3-1-2-4-13/h5-8H,1-4H2. The largest absolute Gasteiger partial charge is 0.371 e. The molecule has 1 heterocycles. The van der Waals surface area contributed by atoms with Crippen molar-refractivity contribution in [2.75, 3.05) is 18.0 Å². The zero-order valence-corrected chi connectivity index (χ0v) is 8.63. The van der Waals surface area contributed by atoms with Crippen LogP contribution in [0.4, 0.5) is 5.69 Å². The minimum absolute atomic E-state index is 0.636. The zero-order chi connectivity index (χ0) is 9.97. The zero-order valence-electron chi connectivity index (χ0n) is 7.87. The van der Waals surface area contributed by atoms with Gasteiger partial charge in [-0.1, -0.05) is 11.6 Å². The molecule has 0 unspecified atom stereocenters. The van der Waals surface area contributed by atoms with Crippen molar-refractivity contribution in [1.82, 2.24) is 0 Å². The Labute approximate surface area is 88.5 Å². The van der Waals surface area contributed by atoms with E-state index >= 15 is 0 Å². The Morgan fingerprint density at radius 2 is 1.93 bits per heavy atom. The third kappa shape index (κ3) is 1.90. The number of carbonyl (C=O) groups is 1. The fourth-order valence-corrected chi connectivity index (χ4v) is 2.06. The Kier molecular flexibility index (Phi) is 2.73. The van der Waals surface area contributed by atoms with Crippen molar-refractivity contribution in [3.8, 4) is 0 Å². The Morgan fingerprint density at radius 3 is 2.57 bits per heavy atom. The van der Waals surface area contributed by atoms with E-state index in [1.165, 1.54) is 12.8 Å². The fraction of sp³-hybridized carbons (Fsp3) is 0.364. The lowest BCUT2D eigenvalue weighted by Crippen LogP contribution is -2.17. The van der Waals surface area contributed by atoms with Crippen LogP contribution in [0.1, 0.15) is 23.2 Å². The molecule has 1 aromatic rings. The third-order valence-corrected chi connectivity index (χ3v) is 2.73. The number of halogens is 1.